The van der Waals surface area contributed by atoms with E-state index >= 15 is 0 Å². The molecule has 1 aromatic carbocycles. The minimum atomic E-state index is -0.171. The summed E-state index contributed by atoms with van der Waals surface area (Å²) in [5, 5.41) is 0. The highest BCUT2D eigenvalue weighted by molar-refractivity contribution is 6.02. The van der Waals surface area contributed by atoms with Crippen LogP contribution in [0.15, 0.2) is 35.3 Å². The Labute approximate surface area is 113 Å². The van der Waals surface area contributed by atoms with Crippen LogP contribution in [-0.4, -0.2) is 11.6 Å². The first kappa shape index (κ1) is 21.8. The van der Waals surface area contributed by atoms with Crippen molar-refractivity contribution in [2.45, 2.75) is 55.4 Å². The number of nitrogens with zero attached hydrogens (tertiary/aromatic N) is 1. The van der Waals surface area contributed by atoms with Gasteiger partial charge in [-0.2, -0.15) is 0 Å². The van der Waals surface area contributed by atoms with E-state index in [0.717, 1.165) is 5.71 Å². The summed E-state index contributed by atoms with van der Waals surface area (Å²) in [4.78, 5) is 15.1. The van der Waals surface area contributed by atoms with Gasteiger partial charge in [0.25, 0.3) is 5.91 Å². The van der Waals surface area contributed by atoms with Gasteiger partial charge in [0.05, 0.1) is 0 Å². The molecule has 0 N–H and O–H groups in total. The van der Waals surface area contributed by atoms with E-state index in [1.54, 1.807) is 26.0 Å². The van der Waals surface area contributed by atoms with Crippen LogP contribution in [-0.2, 0) is 0 Å². The molecule has 1 amide bonds. The van der Waals surface area contributed by atoms with Crippen molar-refractivity contribution < 1.29 is 4.79 Å². The predicted octanol–water partition coefficient (Wildman–Crippen LogP) is 5.39. The highest BCUT2D eigenvalue weighted by Crippen LogP contribution is 2.00. The zero-order chi connectivity index (χ0) is 13.7. The van der Waals surface area contributed by atoms with Gasteiger partial charge in [-0.3, -0.25) is 4.79 Å². The van der Waals surface area contributed by atoms with Gasteiger partial charge in [-0.1, -0.05) is 59.7 Å². The molecule has 0 radical (unpaired) electrons. The second-order valence-electron chi connectivity index (χ2n) is 3.44. The molecular formula is C16H29NO. The van der Waals surface area contributed by atoms with E-state index in [-0.39, 0.29) is 13.3 Å². The average molecular weight is 251 g/mol. The molecule has 18 heavy (non-hydrogen) atoms. The van der Waals surface area contributed by atoms with Crippen LogP contribution >= 0.6 is 0 Å². The largest absolute Gasteiger partial charge is 0.276 e. The third-order valence-electron chi connectivity index (χ3n) is 1.35. The molecule has 1 rings (SSSR count). The van der Waals surface area contributed by atoms with E-state index in [4.69, 9.17) is 0 Å². The minimum Gasteiger partial charge on any atom is -0.267 e. The van der Waals surface area contributed by atoms with Crippen LogP contribution in [0.4, 0.5) is 0 Å². The van der Waals surface area contributed by atoms with Crippen molar-refractivity contribution >= 4 is 11.6 Å². The molecule has 0 saturated heterocycles. The standard InChI is InChI=1S/C10H11NO.C3H8.C2H6.CH4/c1-8(2)11-10(12)9-6-4-3-5-7-9;1-3-2;1-2;/h3-7H,1-2H3;3H2,1-2H3;1-2H3;1H4. The molecule has 0 heterocycles. The molecule has 0 unspecified atom stereocenters. The molecule has 0 fully saturated rings. The van der Waals surface area contributed by atoms with Crippen LogP contribution in [0.1, 0.15) is 65.7 Å². The zero-order valence-electron chi connectivity index (χ0n) is 11.9. The lowest BCUT2D eigenvalue weighted by Crippen LogP contribution is -1.96. The number of carbonyl (C=O) groups is 1. The molecule has 0 atom stereocenters. The van der Waals surface area contributed by atoms with Crippen molar-refractivity contribution in [1.82, 2.24) is 0 Å². The SMILES string of the molecule is C.CC.CC(C)=NC(=O)c1ccccc1.CCC. The van der Waals surface area contributed by atoms with Crippen LogP contribution in [0, 0.1) is 0 Å². The number of hydrogen-bond acceptors (Lipinski definition) is 1. The predicted molar refractivity (Wildman–Crippen MR) is 83.6 cm³/mol. The van der Waals surface area contributed by atoms with Crippen molar-refractivity contribution in [3.8, 4) is 0 Å². The highest BCUT2D eigenvalue weighted by atomic mass is 16.1. The maximum Gasteiger partial charge on any atom is 0.276 e. The van der Waals surface area contributed by atoms with Crippen LogP contribution in [0.2, 0.25) is 0 Å². The molecule has 0 aliphatic rings. The number of hydrogen-bond donors (Lipinski definition) is 0. The molecule has 2 nitrogen and oxygen atoms in total. The van der Waals surface area contributed by atoms with Gasteiger partial charge in [0.2, 0.25) is 0 Å². The summed E-state index contributed by atoms with van der Waals surface area (Å²) in [6.07, 6.45) is 1.25. The molecule has 2 heteroatoms. The third kappa shape index (κ3) is 12.6. The Morgan fingerprint density at radius 2 is 1.44 bits per heavy atom. The monoisotopic (exact) mass is 251 g/mol. The first-order chi connectivity index (χ1) is 8.11. The number of carbonyl (C=O) groups excluding carboxylic acids is 1. The van der Waals surface area contributed by atoms with Gasteiger partial charge in [-0.15, -0.1) is 0 Å². The first-order valence-electron chi connectivity index (χ1n) is 6.23. The van der Waals surface area contributed by atoms with Crippen molar-refractivity contribution in [3.05, 3.63) is 35.9 Å². The molecule has 0 bridgehead atoms. The van der Waals surface area contributed by atoms with E-state index in [2.05, 4.69) is 18.8 Å². The van der Waals surface area contributed by atoms with E-state index in [0.29, 0.717) is 5.56 Å². The van der Waals surface area contributed by atoms with Gasteiger partial charge in [-0.25, -0.2) is 4.99 Å². The second kappa shape index (κ2) is 15.6. The van der Waals surface area contributed by atoms with Gasteiger partial charge in [0.1, 0.15) is 0 Å². The fourth-order valence-electron chi connectivity index (χ4n) is 0.848. The fraction of sp³-hybridized carbons (Fsp3) is 0.500. The van der Waals surface area contributed by atoms with E-state index in [1.807, 2.05) is 32.0 Å². The molecule has 0 aliphatic heterocycles. The smallest absolute Gasteiger partial charge is 0.267 e. The molecule has 0 saturated carbocycles. The maximum absolute atomic E-state index is 11.3. The molecule has 0 aliphatic carbocycles. The average Bonchev–Trinajstić information content (AvgIpc) is 2.33. The van der Waals surface area contributed by atoms with E-state index in [1.165, 1.54) is 6.42 Å². The zero-order valence-corrected chi connectivity index (χ0v) is 11.9. The van der Waals surface area contributed by atoms with Gasteiger partial charge in [0.15, 0.2) is 0 Å². The normalized spacial score (nSPS) is 7.44. The Morgan fingerprint density at radius 1 is 1.06 bits per heavy atom. The Bertz CT molecular complexity index is 311. The van der Waals surface area contributed by atoms with Crippen LogP contribution in [0.3, 0.4) is 0 Å². The Balaban J connectivity index is -0.000000329. The van der Waals surface area contributed by atoms with E-state index < -0.39 is 0 Å². The lowest BCUT2D eigenvalue weighted by molar-refractivity contribution is 0.100. The minimum absolute atomic E-state index is 0. The molecular weight excluding hydrogens is 222 g/mol. The van der Waals surface area contributed by atoms with Crippen molar-refractivity contribution in [1.29, 1.82) is 0 Å². The Kier molecular flexibility index (Phi) is 18.8. The summed E-state index contributed by atoms with van der Waals surface area (Å²) in [6.45, 7) is 11.9. The number of benzene rings is 1. The maximum atomic E-state index is 11.3. The second-order valence-corrected chi connectivity index (χ2v) is 3.44. The van der Waals surface area contributed by atoms with Crippen LogP contribution < -0.4 is 0 Å². The summed E-state index contributed by atoms with van der Waals surface area (Å²) in [6, 6.07) is 9.05. The summed E-state index contributed by atoms with van der Waals surface area (Å²) < 4.78 is 0. The summed E-state index contributed by atoms with van der Waals surface area (Å²) >= 11 is 0. The topological polar surface area (TPSA) is 29.4 Å². The molecule has 104 valence electrons. The lowest BCUT2D eigenvalue weighted by Gasteiger charge is -1.93. The fourth-order valence-corrected chi connectivity index (χ4v) is 0.848. The summed E-state index contributed by atoms with van der Waals surface area (Å²) in [5.74, 6) is -0.171. The lowest BCUT2D eigenvalue weighted by atomic mass is 10.2. The molecule has 0 spiro atoms. The quantitative estimate of drug-likeness (QED) is 0.616. The number of amides is 1. The van der Waals surface area contributed by atoms with Gasteiger partial charge in [-0.05, 0) is 26.0 Å². The van der Waals surface area contributed by atoms with Crippen molar-refractivity contribution in [2.75, 3.05) is 0 Å². The molecule has 1 aromatic rings. The summed E-state index contributed by atoms with van der Waals surface area (Å²) in [7, 11) is 0. The number of aliphatic imine (C=N–C) groups is 1. The van der Waals surface area contributed by atoms with Gasteiger partial charge < -0.3 is 0 Å². The van der Waals surface area contributed by atoms with Gasteiger partial charge in [0, 0.05) is 11.3 Å². The first-order valence-corrected chi connectivity index (χ1v) is 6.23. The van der Waals surface area contributed by atoms with Gasteiger partial charge >= 0.3 is 0 Å². The highest BCUT2D eigenvalue weighted by Gasteiger charge is 2.00. The van der Waals surface area contributed by atoms with E-state index in [9.17, 15) is 4.79 Å². The van der Waals surface area contributed by atoms with Crippen LogP contribution in [0.5, 0.6) is 0 Å². The molecule has 0 aromatic heterocycles. The third-order valence-corrected chi connectivity index (χ3v) is 1.35. The van der Waals surface area contributed by atoms with Crippen molar-refractivity contribution in [2.24, 2.45) is 4.99 Å². The summed E-state index contributed by atoms with van der Waals surface area (Å²) in [5.41, 5.74) is 1.42. The Hall–Kier alpha value is -1.44. The van der Waals surface area contributed by atoms with Crippen molar-refractivity contribution in [3.63, 3.8) is 0 Å². The number of rotatable bonds is 1. The Morgan fingerprint density at radius 3 is 1.78 bits per heavy atom. The van der Waals surface area contributed by atoms with Crippen LogP contribution in [0.25, 0.3) is 0 Å².